The van der Waals surface area contributed by atoms with Gasteiger partial charge in [0.1, 0.15) is 22.7 Å². The fraction of sp³-hybridized carbons (Fsp3) is 0.364. The van der Waals surface area contributed by atoms with Crippen LogP contribution >= 0.6 is 11.3 Å². The van der Waals surface area contributed by atoms with Crippen molar-refractivity contribution >= 4 is 22.8 Å². The number of aryl methyl sites for hydroxylation is 3. The molecule has 3 heterocycles. The second-order valence-electron chi connectivity index (χ2n) is 7.36. The molecular formula is C22H24N4OS. The summed E-state index contributed by atoms with van der Waals surface area (Å²) in [6, 6.07) is 8.20. The Morgan fingerprint density at radius 3 is 2.71 bits per heavy atom. The standard InChI is InChI=1S/C22H24N4OS/c1-6-16-8-7-9-17(11-16)20-19-13(3)14(4)28-22(19)26-15(5)24-25-21(26)18(23-20)10-12(2)27/h7-9,11,18H,6,10H2,1-5H3/t18-/m0/s1. The molecule has 28 heavy (non-hydrogen) atoms. The van der Waals surface area contributed by atoms with Crippen LogP contribution in [0, 0.1) is 20.8 Å². The zero-order valence-electron chi connectivity index (χ0n) is 16.9. The minimum atomic E-state index is -0.335. The fourth-order valence-corrected chi connectivity index (χ4v) is 4.95. The summed E-state index contributed by atoms with van der Waals surface area (Å²) in [4.78, 5) is 18.4. The third kappa shape index (κ3) is 3.02. The monoisotopic (exact) mass is 392 g/mol. The predicted molar refractivity (Wildman–Crippen MR) is 113 cm³/mol. The summed E-state index contributed by atoms with van der Waals surface area (Å²) in [7, 11) is 0. The first-order chi connectivity index (χ1) is 13.4. The summed E-state index contributed by atoms with van der Waals surface area (Å²) >= 11 is 1.74. The lowest BCUT2D eigenvalue weighted by Gasteiger charge is -2.12. The molecule has 4 rings (SSSR count). The molecule has 0 bridgehead atoms. The highest BCUT2D eigenvalue weighted by molar-refractivity contribution is 7.15. The van der Waals surface area contributed by atoms with Gasteiger partial charge >= 0.3 is 0 Å². The maximum Gasteiger partial charge on any atom is 0.163 e. The van der Waals surface area contributed by atoms with Gasteiger partial charge in [-0.3, -0.25) is 14.4 Å². The SMILES string of the molecule is CCc1cccc(C2=N[C@@H](CC(C)=O)c3nnc(C)n3-c3sc(C)c(C)c32)c1. The van der Waals surface area contributed by atoms with Gasteiger partial charge in [0.2, 0.25) is 0 Å². The summed E-state index contributed by atoms with van der Waals surface area (Å²) in [5, 5.41) is 9.81. The highest BCUT2D eigenvalue weighted by Crippen LogP contribution is 2.39. The van der Waals surface area contributed by atoms with Crippen molar-refractivity contribution in [3.8, 4) is 5.00 Å². The Morgan fingerprint density at radius 1 is 1.21 bits per heavy atom. The van der Waals surface area contributed by atoms with Crippen molar-refractivity contribution in [2.75, 3.05) is 0 Å². The Bertz CT molecular complexity index is 1110. The zero-order valence-corrected chi connectivity index (χ0v) is 17.7. The van der Waals surface area contributed by atoms with Gasteiger partial charge in [-0.2, -0.15) is 0 Å². The van der Waals surface area contributed by atoms with Crippen LogP contribution in [0.1, 0.15) is 65.1 Å². The molecule has 0 N–H and O–H groups in total. The predicted octanol–water partition coefficient (Wildman–Crippen LogP) is 4.69. The minimum absolute atomic E-state index is 0.0979. The largest absolute Gasteiger partial charge is 0.300 e. The molecular weight excluding hydrogens is 368 g/mol. The van der Waals surface area contributed by atoms with Gasteiger partial charge in [0, 0.05) is 22.4 Å². The lowest BCUT2D eigenvalue weighted by atomic mass is 9.97. The first kappa shape index (κ1) is 18.7. The van der Waals surface area contributed by atoms with E-state index in [-0.39, 0.29) is 11.8 Å². The van der Waals surface area contributed by atoms with Gasteiger partial charge in [-0.25, -0.2) is 0 Å². The Kier molecular flexibility index (Phi) is 4.75. The summed E-state index contributed by atoms with van der Waals surface area (Å²) in [6.45, 7) is 10.0. The van der Waals surface area contributed by atoms with Crippen LogP contribution in [-0.2, 0) is 11.2 Å². The summed E-state index contributed by atoms with van der Waals surface area (Å²) in [6.07, 6.45) is 1.29. The number of thiophene rings is 1. The number of Topliss-reactive ketones (excluding diaryl/α,β-unsaturated/α-hetero) is 1. The van der Waals surface area contributed by atoms with Gasteiger partial charge in [-0.05, 0) is 51.3 Å². The first-order valence-corrected chi connectivity index (χ1v) is 10.4. The number of carbonyl (C=O) groups excluding carboxylic acids is 1. The number of benzene rings is 1. The van der Waals surface area contributed by atoms with E-state index < -0.39 is 0 Å². The number of ketones is 1. The van der Waals surface area contributed by atoms with Gasteiger partial charge in [0.05, 0.1) is 5.71 Å². The summed E-state index contributed by atoms with van der Waals surface area (Å²) in [5.41, 5.74) is 5.66. The zero-order chi connectivity index (χ0) is 20.0. The molecule has 1 aromatic carbocycles. The summed E-state index contributed by atoms with van der Waals surface area (Å²) < 4.78 is 2.09. The van der Waals surface area contributed by atoms with Crippen LogP contribution in [-0.4, -0.2) is 26.3 Å². The van der Waals surface area contributed by atoms with E-state index in [1.165, 1.54) is 16.0 Å². The topological polar surface area (TPSA) is 60.1 Å². The van der Waals surface area contributed by atoms with Crippen molar-refractivity contribution < 1.29 is 4.79 Å². The van der Waals surface area contributed by atoms with Crippen LogP contribution in [0.25, 0.3) is 5.00 Å². The second-order valence-corrected chi connectivity index (χ2v) is 8.56. The highest BCUT2D eigenvalue weighted by Gasteiger charge is 2.31. The molecule has 0 aliphatic carbocycles. The van der Waals surface area contributed by atoms with E-state index >= 15 is 0 Å². The molecule has 144 valence electrons. The van der Waals surface area contributed by atoms with Crippen molar-refractivity contribution in [3.63, 3.8) is 0 Å². The van der Waals surface area contributed by atoms with Crippen LogP contribution < -0.4 is 0 Å². The molecule has 5 nitrogen and oxygen atoms in total. The van der Waals surface area contributed by atoms with Crippen molar-refractivity contribution in [1.29, 1.82) is 0 Å². The van der Waals surface area contributed by atoms with Crippen LogP contribution in [0.15, 0.2) is 29.3 Å². The number of fused-ring (bicyclic) bond motifs is 3. The number of aliphatic imine (C=N–C) groups is 1. The molecule has 0 unspecified atom stereocenters. The molecule has 1 atom stereocenters. The molecule has 1 aliphatic rings. The average molecular weight is 393 g/mol. The normalized spacial score (nSPS) is 15.6. The fourth-order valence-electron chi connectivity index (χ4n) is 3.74. The molecule has 0 fully saturated rings. The smallest absolute Gasteiger partial charge is 0.163 e. The number of nitrogens with zero attached hydrogens (tertiary/aromatic N) is 4. The van der Waals surface area contributed by atoms with Crippen molar-refractivity contribution in [2.24, 2.45) is 4.99 Å². The second kappa shape index (κ2) is 7.09. The molecule has 0 saturated carbocycles. The molecule has 6 heteroatoms. The van der Waals surface area contributed by atoms with Crippen molar-refractivity contribution in [2.45, 2.75) is 53.5 Å². The quantitative estimate of drug-likeness (QED) is 0.647. The summed E-state index contributed by atoms with van der Waals surface area (Å²) in [5.74, 6) is 1.67. The van der Waals surface area contributed by atoms with Gasteiger partial charge in [0.25, 0.3) is 0 Å². The van der Waals surface area contributed by atoms with E-state index in [2.05, 4.69) is 59.8 Å². The molecule has 0 saturated heterocycles. The Morgan fingerprint density at radius 2 is 2.00 bits per heavy atom. The highest BCUT2D eigenvalue weighted by atomic mass is 32.1. The van der Waals surface area contributed by atoms with Gasteiger partial charge in [-0.15, -0.1) is 21.5 Å². The number of rotatable bonds is 4. The van der Waals surface area contributed by atoms with E-state index in [9.17, 15) is 4.79 Å². The van der Waals surface area contributed by atoms with Crippen LogP contribution in [0.5, 0.6) is 0 Å². The van der Waals surface area contributed by atoms with Crippen molar-refractivity contribution in [1.82, 2.24) is 14.8 Å². The van der Waals surface area contributed by atoms with E-state index in [0.717, 1.165) is 39.9 Å². The maximum absolute atomic E-state index is 12.0. The number of hydrogen-bond donors (Lipinski definition) is 0. The van der Waals surface area contributed by atoms with Crippen LogP contribution in [0.4, 0.5) is 0 Å². The Labute approximate surface area is 169 Å². The molecule has 3 aromatic rings. The molecule has 0 radical (unpaired) electrons. The number of aromatic nitrogens is 3. The van der Waals surface area contributed by atoms with E-state index in [1.54, 1.807) is 18.3 Å². The first-order valence-electron chi connectivity index (χ1n) is 9.59. The average Bonchev–Trinajstić information content (AvgIpc) is 3.14. The van der Waals surface area contributed by atoms with Gasteiger partial charge < -0.3 is 0 Å². The number of carbonyl (C=O) groups is 1. The third-order valence-electron chi connectivity index (χ3n) is 5.33. The molecule has 1 aliphatic heterocycles. The van der Waals surface area contributed by atoms with E-state index in [1.807, 2.05) is 6.92 Å². The van der Waals surface area contributed by atoms with E-state index in [0.29, 0.717) is 6.42 Å². The molecule has 0 spiro atoms. The van der Waals surface area contributed by atoms with Gasteiger partial charge in [0.15, 0.2) is 5.82 Å². The number of hydrogen-bond acceptors (Lipinski definition) is 5. The minimum Gasteiger partial charge on any atom is -0.300 e. The van der Waals surface area contributed by atoms with Crippen LogP contribution in [0.2, 0.25) is 0 Å². The van der Waals surface area contributed by atoms with Gasteiger partial charge in [-0.1, -0.05) is 25.1 Å². The lowest BCUT2D eigenvalue weighted by Crippen LogP contribution is -2.09. The maximum atomic E-state index is 12.0. The van der Waals surface area contributed by atoms with Crippen LogP contribution in [0.3, 0.4) is 0 Å². The molecule has 2 aromatic heterocycles. The Balaban J connectivity index is 2.03. The van der Waals surface area contributed by atoms with Crippen molar-refractivity contribution in [3.05, 3.63) is 63.0 Å². The Hall–Kier alpha value is -2.60. The molecule has 0 amide bonds. The lowest BCUT2D eigenvalue weighted by molar-refractivity contribution is -0.117. The van der Waals surface area contributed by atoms with E-state index in [4.69, 9.17) is 4.99 Å². The third-order valence-corrected chi connectivity index (χ3v) is 6.52.